The Morgan fingerprint density at radius 3 is 2.48 bits per heavy atom. The zero-order valence-electron chi connectivity index (χ0n) is 16.2. The normalized spacial score (nSPS) is 11.9. The number of nitrogens with two attached hydrogens (primary N) is 1. The average molecular weight is 536 g/mol. The summed E-state index contributed by atoms with van der Waals surface area (Å²) in [4.78, 5) is 15.5. The number of nitrogens with one attached hydrogen (secondary N) is 1. The van der Waals surface area contributed by atoms with E-state index in [1.807, 2.05) is 77.2 Å². The van der Waals surface area contributed by atoms with E-state index in [1.165, 1.54) is 5.01 Å². The summed E-state index contributed by atoms with van der Waals surface area (Å²) >= 11 is 1.91. The van der Waals surface area contributed by atoms with E-state index in [0.717, 1.165) is 18.0 Å². The van der Waals surface area contributed by atoms with Crippen molar-refractivity contribution < 1.29 is 18.3 Å². The van der Waals surface area contributed by atoms with Crippen molar-refractivity contribution in [3.8, 4) is 11.5 Å². The first kappa shape index (κ1) is 22.6. The lowest BCUT2D eigenvalue weighted by atomic mass is 10.2. The van der Waals surface area contributed by atoms with Crippen LogP contribution >= 0.6 is 22.6 Å². The number of amides is 1. The van der Waals surface area contributed by atoms with Crippen LogP contribution in [-0.2, 0) is 6.54 Å². The van der Waals surface area contributed by atoms with Crippen molar-refractivity contribution in [1.82, 2.24) is 15.3 Å². The molecule has 0 saturated heterocycles. The van der Waals surface area contributed by atoms with Crippen molar-refractivity contribution in [2.45, 2.75) is 10.6 Å². The summed E-state index contributed by atoms with van der Waals surface area (Å²) in [6.45, 7) is 0.338. The van der Waals surface area contributed by atoms with Gasteiger partial charge in [0.1, 0.15) is 21.1 Å². The van der Waals surface area contributed by atoms with E-state index in [1.54, 1.807) is 12.3 Å². The number of hydrogen-bond acceptors (Lipinski definition) is 5. The van der Waals surface area contributed by atoms with Crippen molar-refractivity contribution in [3.05, 3.63) is 102 Å². The number of alkyl halides is 1. The van der Waals surface area contributed by atoms with Crippen LogP contribution in [0.5, 0.6) is 11.5 Å². The van der Waals surface area contributed by atoms with Gasteiger partial charge in [-0.15, -0.1) is 0 Å². The quantitative estimate of drug-likeness (QED) is 0.145. The number of halogens is 3. The van der Waals surface area contributed by atoms with Crippen molar-refractivity contribution >= 4 is 28.5 Å². The van der Waals surface area contributed by atoms with Crippen LogP contribution in [0.1, 0.15) is 15.9 Å². The molecule has 3 N–H and O–H groups in total. The summed E-state index contributed by atoms with van der Waals surface area (Å²) in [5, 5.41) is 3.90. The van der Waals surface area contributed by atoms with E-state index >= 15 is 0 Å². The first-order chi connectivity index (χ1) is 14.9. The lowest BCUT2D eigenvalue weighted by Gasteiger charge is -2.17. The number of ether oxygens (including phenoxy) is 1. The monoisotopic (exact) mass is 536 g/mol. The predicted molar refractivity (Wildman–Crippen MR) is 121 cm³/mol. The Bertz CT molecular complexity index is 1050. The molecule has 3 aromatic rings. The molecular formula is C22H19F2IN4O2. The lowest BCUT2D eigenvalue weighted by Crippen LogP contribution is -2.32. The first-order valence-electron chi connectivity index (χ1n) is 9.18. The number of hydrogen-bond donors (Lipinski definition) is 2. The third-order valence-electron chi connectivity index (χ3n) is 4.09. The molecule has 160 valence electrons. The molecule has 0 radical (unpaired) electrons. The van der Waals surface area contributed by atoms with E-state index in [9.17, 15) is 13.6 Å². The summed E-state index contributed by atoms with van der Waals surface area (Å²) in [5.74, 6) is 4.49. The molecule has 0 aliphatic rings. The van der Waals surface area contributed by atoms with Gasteiger partial charge in [0.25, 0.3) is 5.91 Å². The largest absolute Gasteiger partial charge is 0.457 e. The number of carbonyl (C=O) groups is 1. The van der Waals surface area contributed by atoms with Crippen molar-refractivity contribution in [3.63, 3.8) is 0 Å². The molecular weight excluding hydrogens is 517 g/mol. The molecule has 1 heterocycles. The molecule has 0 aliphatic carbocycles. The van der Waals surface area contributed by atoms with E-state index in [2.05, 4.69) is 10.3 Å². The number of rotatable bonds is 8. The van der Waals surface area contributed by atoms with Gasteiger partial charge in [-0.05, 0) is 24.3 Å². The zero-order valence-corrected chi connectivity index (χ0v) is 18.4. The summed E-state index contributed by atoms with van der Waals surface area (Å²) in [7, 11) is 0. The van der Waals surface area contributed by atoms with Crippen molar-refractivity contribution in [1.29, 1.82) is 0 Å². The van der Waals surface area contributed by atoms with Gasteiger partial charge in [-0.2, -0.15) is 0 Å². The zero-order chi connectivity index (χ0) is 22.2. The molecule has 1 amide bonds. The number of pyridine rings is 1. The second-order valence-corrected chi connectivity index (χ2v) is 7.73. The lowest BCUT2D eigenvalue weighted by molar-refractivity contribution is 0.0947. The number of aromatic nitrogens is 1. The Labute approximate surface area is 191 Å². The minimum atomic E-state index is -1.03. The molecule has 1 atom stereocenters. The number of hydrazine groups is 1. The first-order valence-corrected chi connectivity index (χ1v) is 10.4. The SMILES string of the molecule is NN(/C=C\C(I)NC(=O)c1c(F)cncc1F)Cc1ccccc1Oc1ccccc1. The van der Waals surface area contributed by atoms with Gasteiger partial charge >= 0.3 is 0 Å². The van der Waals surface area contributed by atoms with Crippen LogP contribution in [0.15, 0.2) is 79.3 Å². The van der Waals surface area contributed by atoms with Crippen LogP contribution in [0.4, 0.5) is 8.78 Å². The average Bonchev–Trinajstić information content (AvgIpc) is 2.74. The van der Waals surface area contributed by atoms with Gasteiger partial charge in [-0.25, -0.2) is 14.6 Å². The van der Waals surface area contributed by atoms with Gasteiger partial charge in [-0.3, -0.25) is 9.78 Å². The van der Waals surface area contributed by atoms with E-state index < -0.39 is 27.2 Å². The molecule has 2 aromatic carbocycles. The van der Waals surface area contributed by atoms with Gasteiger partial charge in [0, 0.05) is 11.8 Å². The molecule has 1 aromatic heterocycles. The van der Waals surface area contributed by atoms with Crippen LogP contribution in [0.2, 0.25) is 0 Å². The summed E-state index contributed by atoms with van der Waals surface area (Å²) < 4.78 is 32.7. The summed E-state index contributed by atoms with van der Waals surface area (Å²) in [6.07, 6.45) is 4.73. The Balaban J connectivity index is 1.60. The third-order valence-corrected chi connectivity index (χ3v) is 4.82. The highest BCUT2D eigenvalue weighted by Crippen LogP contribution is 2.25. The van der Waals surface area contributed by atoms with Crippen LogP contribution in [0, 0.1) is 11.6 Å². The number of nitrogens with zero attached hydrogens (tertiary/aromatic N) is 2. The smallest absolute Gasteiger partial charge is 0.258 e. The molecule has 6 nitrogen and oxygen atoms in total. The van der Waals surface area contributed by atoms with E-state index in [-0.39, 0.29) is 0 Å². The maximum absolute atomic E-state index is 13.7. The highest BCUT2D eigenvalue weighted by molar-refractivity contribution is 14.1. The minimum Gasteiger partial charge on any atom is -0.457 e. The van der Waals surface area contributed by atoms with Gasteiger partial charge in [0.15, 0.2) is 11.6 Å². The Morgan fingerprint density at radius 1 is 1.13 bits per heavy atom. The van der Waals surface area contributed by atoms with Crippen LogP contribution in [0.25, 0.3) is 0 Å². The van der Waals surface area contributed by atoms with Crippen LogP contribution < -0.4 is 15.9 Å². The molecule has 31 heavy (non-hydrogen) atoms. The molecule has 1 unspecified atom stereocenters. The van der Waals surface area contributed by atoms with Gasteiger partial charge in [0.05, 0.1) is 18.9 Å². The maximum Gasteiger partial charge on any atom is 0.258 e. The number of carbonyl (C=O) groups excluding carboxylic acids is 1. The second-order valence-electron chi connectivity index (χ2n) is 6.39. The predicted octanol–water partition coefficient (Wildman–Crippen LogP) is 4.53. The minimum absolute atomic E-state index is 0.338. The Kier molecular flexibility index (Phi) is 7.90. The molecule has 0 bridgehead atoms. The molecule has 0 aliphatic heterocycles. The van der Waals surface area contributed by atoms with Gasteiger partial charge < -0.3 is 15.1 Å². The maximum atomic E-state index is 13.7. The van der Waals surface area contributed by atoms with E-state index in [0.29, 0.717) is 18.0 Å². The molecule has 0 saturated carbocycles. The van der Waals surface area contributed by atoms with Crippen LogP contribution in [0.3, 0.4) is 0 Å². The summed E-state index contributed by atoms with van der Waals surface area (Å²) in [6, 6.07) is 16.9. The topological polar surface area (TPSA) is 80.5 Å². The Hall–Kier alpha value is -3.05. The van der Waals surface area contributed by atoms with Gasteiger partial charge in [-0.1, -0.05) is 59.0 Å². The fraction of sp³-hybridized carbons (Fsp3) is 0.0909. The standard InChI is InChI=1S/C22H19F2IN4O2/c23-17-12-27-13-18(24)21(17)22(30)28-20(25)10-11-29(26)14-15-6-4-5-9-19(15)31-16-7-2-1-3-8-16/h1-13,20H,14,26H2,(H,28,30)/b11-10-. The van der Waals surface area contributed by atoms with E-state index in [4.69, 9.17) is 10.6 Å². The van der Waals surface area contributed by atoms with Crippen molar-refractivity contribution in [2.75, 3.05) is 0 Å². The van der Waals surface area contributed by atoms with Crippen LogP contribution in [-0.4, -0.2) is 19.9 Å². The second kappa shape index (κ2) is 10.8. The molecule has 0 spiro atoms. The number of para-hydroxylation sites is 2. The fourth-order valence-electron chi connectivity index (χ4n) is 2.66. The molecule has 3 rings (SSSR count). The molecule has 9 heteroatoms. The highest BCUT2D eigenvalue weighted by Gasteiger charge is 2.19. The number of benzene rings is 2. The third kappa shape index (κ3) is 6.46. The van der Waals surface area contributed by atoms with Crippen molar-refractivity contribution in [2.24, 2.45) is 5.84 Å². The Morgan fingerprint density at radius 2 is 1.77 bits per heavy atom. The fourth-order valence-corrected chi connectivity index (χ4v) is 3.13. The van der Waals surface area contributed by atoms with Gasteiger partial charge in [0.2, 0.25) is 0 Å². The highest BCUT2D eigenvalue weighted by atomic mass is 127. The summed E-state index contributed by atoms with van der Waals surface area (Å²) in [5.41, 5.74) is 0.176. The molecule has 0 fully saturated rings.